The molecule has 0 N–H and O–H groups in total. The second-order valence-corrected chi connectivity index (χ2v) is 12.8. The third-order valence-corrected chi connectivity index (χ3v) is 8.34. The molecule has 0 aliphatic carbocycles. The molecule has 45 heavy (non-hydrogen) atoms. The predicted octanol–water partition coefficient (Wildman–Crippen LogP) is 6.86. The van der Waals surface area contributed by atoms with Gasteiger partial charge in [0.05, 0.1) is 29.2 Å². The number of hydrogen-bond donors (Lipinski definition) is 0. The fourth-order valence-electron chi connectivity index (χ4n) is 4.90. The number of benzene rings is 1. The summed E-state index contributed by atoms with van der Waals surface area (Å²) in [4.78, 5) is 24.9. The molecule has 7 nitrogen and oxygen atoms in total. The van der Waals surface area contributed by atoms with Gasteiger partial charge in [-0.05, 0) is 63.5 Å². The third kappa shape index (κ3) is 21.9. The average Bonchev–Trinajstić information content (AvgIpc) is 3.00. The molecule has 1 aromatic rings. The topological polar surface area (TPSA) is 110 Å². The summed E-state index contributed by atoms with van der Waals surface area (Å²) in [5.74, 6) is -1.83. The van der Waals surface area contributed by atoms with E-state index < -0.39 is 32.5 Å². The summed E-state index contributed by atoms with van der Waals surface area (Å²) in [5, 5.41) is 0. The quantitative estimate of drug-likeness (QED) is 0.0335. The van der Waals surface area contributed by atoms with Gasteiger partial charge in [0.25, 0.3) is 0 Å². The molecule has 0 unspecified atom stereocenters. The van der Waals surface area contributed by atoms with Gasteiger partial charge in [-0.25, -0.2) is 18.0 Å². The Morgan fingerprint density at radius 3 is 1.47 bits per heavy atom. The zero-order valence-electron chi connectivity index (χ0n) is 28.4. The molecule has 250 valence electrons. The minimum atomic E-state index is -5.01. The molecule has 9 heteroatoms. The Balaban J connectivity index is 0.0000194. The van der Waals surface area contributed by atoms with E-state index in [4.69, 9.17) is 9.47 Å². The van der Waals surface area contributed by atoms with Crippen molar-refractivity contribution in [2.24, 2.45) is 0 Å². The van der Waals surface area contributed by atoms with Crippen LogP contribution in [0.5, 0.6) is 0 Å². The molecule has 0 saturated heterocycles. The maximum absolute atomic E-state index is 12.9. The molecule has 0 atom stereocenters. The first-order chi connectivity index (χ1) is 21.3. The van der Waals surface area contributed by atoms with Gasteiger partial charge in [-0.15, -0.1) is 0 Å². The fraction of sp³-hybridized carbons (Fsp3) is 0.667. The standard InChI is InChI=1S/C36H58O7S.Na/c1-3-5-7-9-11-13-15-17-19-21-23-25-30-42-35(37)32-28-27-29-33(44(39,40)41)34(32)36(38)43-31-26-24-22-20-18-16-14-12-10-8-6-4-2;/h7-10,27-29H,3-6,11-26,30-31H2,1-2H3,(H,39,40,41);/q;+1/p-1/b9-7+,10-8+;. The minimum Gasteiger partial charge on any atom is -0.744 e. The molecule has 0 aliphatic rings. The number of hydrogen-bond acceptors (Lipinski definition) is 7. The van der Waals surface area contributed by atoms with Gasteiger partial charge in [0.1, 0.15) is 10.1 Å². The molecule has 0 fully saturated rings. The van der Waals surface area contributed by atoms with Gasteiger partial charge in [0.2, 0.25) is 0 Å². The summed E-state index contributed by atoms with van der Waals surface area (Å²) in [6.07, 6.45) is 30.5. The van der Waals surface area contributed by atoms with Gasteiger partial charge < -0.3 is 14.0 Å². The third-order valence-electron chi connectivity index (χ3n) is 7.46. The Morgan fingerprint density at radius 2 is 1.02 bits per heavy atom. The van der Waals surface area contributed by atoms with Crippen molar-refractivity contribution in [1.29, 1.82) is 0 Å². The van der Waals surface area contributed by atoms with Crippen molar-refractivity contribution >= 4 is 22.1 Å². The Morgan fingerprint density at radius 1 is 0.622 bits per heavy atom. The van der Waals surface area contributed by atoms with Crippen molar-refractivity contribution in [2.45, 2.75) is 147 Å². The zero-order chi connectivity index (χ0) is 32.3. The molecule has 0 amide bonds. The Bertz CT molecular complexity index is 1080. The summed E-state index contributed by atoms with van der Waals surface area (Å²) in [7, 11) is -5.01. The number of carbonyl (C=O) groups excluding carboxylic acids is 2. The molecular formula is C36H57NaO7S. The second kappa shape index (κ2) is 28.7. The van der Waals surface area contributed by atoms with E-state index in [9.17, 15) is 22.6 Å². The van der Waals surface area contributed by atoms with Crippen molar-refractivity contribution in [1.82, 2.24) is 0 Å². The fourth-order valence-corrected chi connectivity index (χ4v) is 5.59. The van der Waals surface area contributed by atoms with Crippen molar-refractivity contribution in [3.8, 4) is 0 Å². The maximum Gasteiger partial charge on any atom is 1.00 e. The largest absolute Gasteiger partial charge is 1.00 e. The van der Waals surface area contributed by atoms with E-state index in [0.29, 0.717) is 12.8 Å². The SMILES string of the molecule is CCC/C=C/CCCCCCCCCOC(=O)c1cccc(S(=O)(=O)[O-])c1C(=O)OCCCCCCCCC/C=C/CCC.[Na+]. The summed E-state index contributed by atoms with van der Waals surface area (Å²) in [5.41, 5.74) is -0.797. The van der Waals surface area contributed by atoms with Gasteiger partial charge in [0.15, 0.2) is 0 Å². The van der Waals surface area contributed by atoms with Crippen molar-refractivity contribution < 1.29 is 61.6 Å². The normalized spacial score (nSPS) is 11.6. The number of ether oxygens (including phenoxy) is 2. The first-order valence-electron chi connectivity index (χ1n) is 17.1. The molecule has 1 rings (SSSR count). The van der Waals surface area contributed by atoms with E-state index >= 15 is 0 Å². The number of rotatable bonds is 27. The van der Waals surface area contributed by atoms with Crippen LogP contribution in [0.3, 0.4) is 0 Å². The number of allylic oxidation sites excluding steroid dienone is 4. The smallest absolute Gasteiger partial charge is 0.744 e. The van der Waals surface area contributed by atoms with Crippen LogP contribution in [-0.4, -0.2) is 38.1 Å². The average molecular weight is 657 g/mol. The molecule has 0 bridgehead atoms. The molecular weight excluding hydrogens is 599 g/mol. The van der Waals surface area contributed by atoms with Crippen LogP contribution in [0.4, 0.5) is 0 Å². The molecule has 0 aromatic heterocycles. The molecule has 0 heterocycles. The maximum atomic E-state index is 12.9. The Hall–Kier alpha value is -1.45. The number of unbranched alkanes of at least 4 members (excludes halogenated alkanes) is 16. The van der Waals surface area contributed by atoms with Crippen LogP contribution >= 0.6 is 0 Å². The van der Waals surface area contributed by atoms with Crippen LogP contribution in [0.15, 0.2) is 47.4 Å². The first-order valence-corrected chi connectivity index (χ1v) is 18.5. The van der Waals surface area contributed by atoms with E-state index in [-0.39, 0.29) is 48.3 Å². The van der Waals surface area contributed by atoms with E-state index in [1.165, 1.54) is 63.5 Å². The van der Waals surface area contributed by atoms with Crippen LogP contribution in [0.1, 0.15) is 163 Å². The van der Waals surface area contributed by atoms with Gasteiger partial charge in [0, 0.05) is 0 Å². The van der Waals surface area contributed by atoms with E-state index in [0.717, 1.165) is 70.3 Å². The Kier molecular flexibility index (Phi) is 27.8. The van der Waals surface area contributed by atoms with Gasteiger partial charge in [-0.1, -0.05) is 121 Å². The van der Waals surface area contributed by atoms with Crippen LogP contribution in [0.25, 0.3) is 0 Å². The summed E-state index contributed by atoms with van der Waals surface area (Å²) < 4.78 is 46.3. The molecule has 1 aromatic carbocycles. The molecule has 0 radical (unpaired) electrons. The minimum absolute atomic E-state index is 0. The van der Waals surface area contributed by atoms with E-state index in [1.54, 1.807) is 0 Å². The van der Waals surface area contributed by atoms with Crippen molar-refractivity contribution in [3.05, 3.63) is 53.6 Å². The van der Waals surface area contributed by atoms with Crippen LogP contribution < -0.4 is 29.6 Å². The predicted molar refractivity (Wildman–Crippen MR) is 177 cm³/mol. The first kappa shape index (κ1) is 43.5. The summed E-state index contributed by atoms with van der Waals surface area (Å²) in [6.45, 7) is 4.59. The van der Waals surface area contributed by atoms with Crippen LogP contribution in [0, 0.1) is 0 Å². The summed E-state index contributed by atoms with van der Waals surface area (Å²) >= 11 is 0. The van der Waals surface area contributed by atoms with Crippen LogP contribution in [0.2, 0.25) is 0 Å². The monoisotopic (exact) mass is 656 g/mol. The van der Waals surface area contributed by atoms with Gasteiger partial charge in [-0.3, -0.25) is 0 Å². The number of carbonyl (C=O) groups is 2. The molecule has 0 saturated carbocycles. The van der Waals surface area contributed by atoms with E-state index in [2.05, 4.69) is 38.2 Å². The van der Waals surface area contributed by atoms with Crippen LogP contribution in [-0.2, 0) is 19.6 Å². The molecule has 0 aliphatic heterocycles. The Labute approximate surface area is 296 Å². The van der Waals surface area contributed by atoms with Crippen molar-refractivity contribution in [3.63, 3.8) is 0 Å². The second-order valence-electron chi connectivity index (χ2n) is 11.5. The van der Waals surface area contributed by atoms with Gasteiger partial charge >= 0.3 is 41.5 Å². The number of esters is 2. The van der Waals surface area contributed by atoms with E-state index in [1.807, 2.05) is 0 Å². The summed E-state index contributed by atoms with van der Waals surface area (Å²) in [6, 6.07) is 3.58. The van der Waals surface area contributed by atoms with Crippen molar-refractivity contribution in [2.75, 3.05) is 13.2 Å². The van der Waals surface area contributed by atoms with Gasteiger partial charge in [-0.2, -0.15) is 0 Å². The zero-order valence-corrected chi connectivity index (χ0v) is 31.2. The molecule has 0 spiro atoms.